The molecule has 0 atom stereocenters. The van der Waals surface area contributed by atoms with Crippen molar-refractivity contribution >= 4 is 17.7 Å². The Morgan fingerprint density at radius 1 is 1.21 bits per heavy atom. The number of hydrogen-bond acceptors (Lipinski definition) is 3. The van der Waals surface area contributed by atoms with Crippen molar-refractivity contribution in [2.45, 2.75) is 16.7 Å². The lowest BCUT2D eigenvalue weighted by atomic mass is 10.1. The predicted molar refractivity (Wildman–Crippen MR) is 75.3 cm³/mol. The molecule has 0 spiro atoms. The van der Waals surface area contributed by atoms with Gasteiger partial charge in [-0.2, -0.15) is 0 Å². The third-order valence-corrected chi connectivity index (χ3v) is 3.77. The van der Waals surface area contributed by atoms with Crippen molar-refractivity contribution < 1.29 is 14.6 Å². The number of aromatic carboxylic acids is 1. The van der Waals surface area contributed by atoms with E-state index in [0.717, 1.165) is 21.1 Å². The summed E-state index contributed by atoms with van der Waals surface area (Å²) in [6.07, 6.45) is 0. The van der Waals surface area contributed by atoms with Gasteiger partial charge in [0.2, 0.25) is 0 Å². The number of carboxylic acids is 1. The Morgan fingerprint density at radius 3 is 2.58 bits per heavy atom. The monoisotopic (exact) mass is 274 g/mol. The Morgan fingerprint density at radius 2 is 1.95 bits per heavy atom. The zero-order valence-corrected chi connectivity index (χ0v) is 11.5. The summed E-state index contributed by atoms with van der Waals surface area (Å²) >= 11 is 1.56. The second kappa shape index (κ2) is 5.80. The average molecular weight is 274 g/mol. The van der Waals surface area contributed by atoms with Crippen LogP contribution in [0.25, 0.3) is 0 Å². The van der Waals surface area contributed by atoms with Crippen molar-refractivity contribution in [1.29, 1.82) is 0 Å². The van der Waals surface area contributed by atoms with Crippen molar-refractivity contribution in [3.8, 4) is 5.75 Å². The third-order valence-electron chi connectivity index (χ3n) is 2.73. The molecule has 4 heteroatoms. The summed E-state index contributed by atoms with van der Waals surface area (Å²) in [7, 11) is 1.64. The van der Waals surface area contributed by atoms with Gasteiger partial charge in [0.25, 0.3) is 0 Å². The van der Waals surface area contributed by atoms with E-state index in [1.807, 2.05) is 36.4 Å². The van der Waals surface area contributed by atoms with Gasteiger partial charge in [-0.15, -0.1) is 0 Å². The molecule has 0 aliphatic rings. The predicted octanol–water partition coefficient (Wildman–Crippen LogP) is 3.85. The molecule has 2 aromatic rings. The van der Waals surface area contributed by atoms with Crippen LogP contribution in [-0.4, -0.2) is 18.2 Å². The molecule has 0 aliphatic carbocycles. The Labute approximate surface area is 116 Å². The number of hydrogen-bond donors (Lipinski definition) is 1. The maximum atomic E-state index is 11.0. The lowest BCUT2D eigenvalue weighted by molar-refractivity contribution is 0.0696. The van der Waals surface area contributed by atoms with Crippen molar-refractivity contribution in [1.82, 2.24) is 0 Å². The van der Waals surface area contributed by atoms with Crippen LogP contribution in [0.3, 0.4) is 0 Å². The molecule has 0 aliphatic heterocycles. The topological polar surface area (TPSA) is 46.5 Å². The third kappa shape index (κ3) is 3.09. The van der Waals surface area contributed by atoms with Crippen molar-refractivity contribution in [2.75, 3.05) is 7.11 Å². The number of rotatable bonds is 4. The van der Waals surface area contributed by atoms with Crippen molar-refractivity contribution in [2.24, 2.45) is 0 Å². The first kappa shape index (κ1) is 13.5. The maximum Gasteiger partial charge on any atom is 0.335 e. The van der Waals surface area contributed by atoms with Crippen LogP contribution in [0.1, 0.15) is 15.9 Å². The number of aryl methyl sites for hydroxylation is 1. The highest BCUT2D eigenvalue weighted by Crippen LogP contribution is 2.35. The van der Waals surface area contributed by atoms with Gasteiger partial charge in [0.1, 0.15) is 5.75 Å². The fourth-order valence-electron chi connectivity index (χ4n) is 1.77. The van der Waals surface area contributed by atoms with Crippen molar-refractivity contribution in [3.63, 3.8) is 0 Å². The van der Waals surface area contributed by atoms with Gasteiger partial charge in [0.05, 0.1) is 17.6 Å². The van der Waals surface area contributed by atoms with E-state index in [4.69, 9.17) is 9.84 Å². The van der Waals surface area contributed by atoms with Gasteiger partial charge in [-0.05, 0) is 42.8 Å². The molecule has 0 fully saturated rings. The molecule has 0 heterocycles. The zero-order valence-electron chi connectivity index (χ0n) is 10.7. The highest BCUT2D eigenvalue weighted by Gasteiger charge is 2.09. The number of para-hydroxylation sites is 1. The van der Waals surface area contributed by atoms with Crippen molar-refractivity contribution in [3.05, 3.63) is 53.6 Å². The van der Waals surface area contributed by atoms with Crippen LogP contribution in [-0.2, 0) is 0 Å². The summed E-state index contributed by atoms with van der Waals surface area (Å²) in [6.45, 7) is 1.80. The smallest absolute Gasteiger partial charge is 0.335 e. The Kier molecular flexibility index (Phi) is 4.12. The first-order valence-corrected chi connectivity index (χ1v) is 6.58. The van der Waals surface area contributed by atoms with Crippen LogP contribution in [0.5, 0.6) is 5.75 Å². The average Bonchev–Trinajstić information content (AvgIpc) is 2.39. The lowest BCUT2D eigenvalue weighted by Gasteiger charge is -2.09. The van der Waals surface area contributed by atoms with E-state index in [-0.39, 0.29) is 0 Å². The van der Waals surface area contributed by atoms with E-state index >= 15 is 0 Å². The normalized spacial score (nSPS) is 10.2. The van der Waals surface area contributed by atoms with Crippen LogP contribution in [0.2, 0.25) is 0 Å². The van der Waals surface area contributed by atoms with E-state index in [0.29, 0.717) is 5.56 Å². The van der Waals surface area contributed by atoms with Gasteiger partial charge in [-0.1, -0.05) is 23.9 Å². The molecule has 0 aromatic heterocycles. The fraction of sp³-hybridized carbons (Fsp3) is 0.133. The van der Waals surface area contributed by atoms with E-state index < -0.39 is 5.97 Å². The molecule has 3 nitrogen and oxygen atoms in total. The van der Waals surface area contributed by atoms with Crippen LogP contribution in [0, 0.1) is 6.92 Å². The molecule has 0 saturated carbocycles. The summed E-state index contributed by atoms with van der Waals surface area (Å²) in [6, 6.07) is 13.1. The molecule has 0 radical (unpaired) electrons. The lowest BCUT2D eigenvalue weighted by Crippen LogP contribution is -1.99. The van der Waals surface area contributed by atoms with E-state index in [1.165, 1.54) is 0 Å². The summed E-state index contributed by atoms with van der Waals surface area (Å²) in [5, 5.41) is 9.00. The van der Waals surface area contributed by atoms with Gasteiger partial charge in [-0.25, -0.2) is 4.79 Å². The SMILES string of the molecule is COc1ccccc1Sc1ccc(C(=O)O)c(C)c1. The number of carbonyl (C=O) groups is 1. The second-order valence-electron chi connectivity index (χ2n) is 4.03. The molecule has 1 N–H and O–H groups in total. The standard InChI is InChI=1S/C15H14O3S/c1-10-9-11(7-8-12(10)15(16)17)19-14-6-4-3-5-13(14)18-2/h3-9H,1-2H3,(H,16,17). The first-order valence-electron chi connectivity index (χ1n) is 5.76. The van der Waals surface area contributed by atoms with Gasteiger partial charge < -0.3 is 9.84 Å². The van der Waals surface area contributed by atoms with E-state index in [1.54, 1.807) is 31.9 Å². The molecular weight excluding hydrogens is 260 g/mol. The molecule has 0 amide bonds. The zero-order chi connectivity index (χ0) is 13.8. The van der Waals surface area contributed by atoms with Gasteiger partial charge in [-0.3, -0.25) is 0 Å². The van der Waals surface area contributed by atoms with Crippen LogP contribution < -0.4 is 4.74 Å². The largest absolute Gasteiger partial charge is 0.496 e. The molecule has 0 saturated heterocycles. The summed E-state index contributed by atoms with van der Waals surface area (Å²) in [5.74, 6) is -0.0844. The van der Waals surface area contributed by atoms with Crippen LogP contribution >= 0.6 is 11.8 Å². The van der Waals surface area contributed by atoms with E-state index in [9.17, 15) is 4.79 Å². The second-order valence-corrected chi connectivity index (χ2v) is 5.15. The molecule has 19 heavy (non-hydrogen) atoms. The van der Waals surface area contributed by atoms with Crippen LogP contribution in [0.15, 0.2) is 52.3 Å². The molecule has 2 rings (SSSR count). The summed E-state index contributed by atoms with van der Waals surface area (Å²) in [5.41, 5.74) is 1.09. The number of benzene rings is 2. The minimum absolute atomic E-state index is 0.337. The molecule has 0 unspecified atom stereocenters. The summed E-state index contributed by atoms with van der Waals surface area (Å²) < 4.78 is 5.29. The number of carboxylic acid groups (broad SMARTS) is 1. The minimum Gasteiger partial charge on any atom is -0.496 e. The first-order chi connectivity index (χ1) is 9.11. The Balaban J connectivity index is 2.29. The molecule has 2 aromatic carbocycles. The van der Waals surface area contributed by atoms with E-state index in [2.05, 4.69) is 0 Å². The maximum absolute atomic E-state index is 11.0. The minimum atomic E-state index is -0.897. The Bertz CT molecular complexity index is 608. The molecule has 98 valence electrons. The number of methoxy groups -OCH3 is 1. The molecule has 0 bridgehead atoms. The highest BCUT2D eigenvalue weighted by atomic mass is 32.2. The number of ether oxygens (including phenoxy) is 1. The molecular formula is C15H14O3S. The van der Waals surface area contributed by atoms with Gasteiger partial charge >= 0.3 is 5.97 Å². The summed E-state index contributed by atoms with van der Waals surface area (Å²) in [4.78, 5) is 13.0. The van der Waals surface area contributed by atoms with Gasteiger partial charge in [0.15, 0.2) is 0 Å². The Hall–Kier alpha value is -1.94. The van der Waals surface area contributed by atoms with Gasteiger partial charge in [0, 0.05) is 4.90 Å². The van der Waals surface area contributed by atoms with Crippen LogP contribution in [0.4, 0.5) is 0 Å². The fourth-order valence-corrected chi connectivity index (χ4v) is 2.79. The quantitative estimate of drug-likeness (QED) is 0.919. The highest BCUT2D eigenvalue weighted by molar-refractivity contribution is 7.99.